The van der Waals surface area contributed by atoms with Gasteiger partial charge in [-0.05, 0) is 36.6 Å². The predicted octanol–water partition coefficient (Wildman–Crippen LogP) is 3.69. The fraction of sp³-hybridized carbons (Fsp3) is 0.267. The van der Waals surface area contributed by atoms with E-state index in [1.54, 1.807) is 41.5 Å². The number of benzene rings is 1. The molecular formula is C15H17ClN2OS. The van der Waals surface area contributed by atoms with Gasteiger partial charge in [0.05, 0.1) is 10.6 Å². The molecule has 1 aromatic heterocycles. The van der Waals surface area contributed by atoms with Crippen molar-refractivity contribution in [2.45, 2.75) is 19.4 Å². The molecule has 1 atom stereocenters. The Labute approximate surface area is 128 Å². The molecule has 0 saturated carbocycles. The highest BCUT2D eigenvalue weighted by atomic mass is 35.5. The summed E-state index contributed by atoms with van der Waals surface area (Å²) >= 11 is 7.78. The molecule has 2 aromatic rings. The summed E-state index contributed by atoms with van der Waals surface area (Å²) in [6.07, 6.45) is 0.833. The number of nitrogen functional groups attached to an aromatic ring is 1. The van der Waals surface area contributed by atoms with Crippen molar-refractivity contribution in [2.75, 3.05) is 12.8 Å². The van der Waals surface area contributed by atoms with Gasteiger partial charge < -0.3 is 10.6 Å². The lowest BCUT2D eigenvalue weighted by Gasteiger charge is -2.25. The molecule has 106 valence electrons. The molecule has 5 heteroatoms. The van der Waals surface area contributed by atoms with Gasteiger partial charge in [0.1, 0.15) is 0 Å². The average Bonchev–Trinajstić information content (AvgIpc) is 2.92. The lowest BCUT2D eigenvalue weighted by Crippen LogP contribution is -2.36. The Morgan fingerprint density at radius 1 is 1.45 bits per heavy atom. The first-order chi connectivity index (χ1) is 9.49. The van der Waals surface area contributed by atoms with Gasteiger partial charge in [-0.25, -0.2) is 0 Å². The minimum absolute atomic E-state index is 0.0960. The Bertz CT molecular complexity index is 598. The standard InChI is InChI=1S/C15H17ClN2OS/c1-10(8-12-4-3-7-20-12)18(2)15(19)13-9-11(17)5-6-14(13)16/h3-7,9-10H,8,17H2,1-2H3. The number of hydrogen-bond acceptors (Lipinski definition) is 3. The molecule has 20 heavy (non-hydrogen) atoms. The Kier molecular flexibility index (Phi) is 4.68. The van der Waals surface area contributed by atoms with Crippen LogP contribution in [0, 0.1) is 0 Å². The minimum atomic E-state index is -0.105. The van der Waals surface area contributed by atoms with Gasteiger partial charge in [-0.3, -0.25) is 4.79 Å². The summed E-state index contributed by atoms with van der Waals surface area (Å²) in [6, 6.07) is 9.16. The third-order valence-electron chi connectivity index (χ3n) is 3.28. The normalized spacial score (nSPS) is 12.2. The summed E-state index contributed by atoms with van der Waals surface area (Å²) in [6.45, 7) is 2.03. The number of thiophene rings is 1. The number of halogens is 1. The van der Waals surface area contributed by atoms with Crippen LogP contribution in [0.15, 0.2) is 35.7 Å². The fourth-order valence-electron chi connectivity index (χ4n) is 1.95. The van der Waals surface area contributed by atoms with Crippen molar-refractivity contribution in [3.05, 3.63) is 51.2 Å². The second kappa shape index (κ2) is 6.29. The number of nitrogens with zero attached hydrogens (tertiary/aromatic N) is 1. The SMILES string of the molecule is CC(Cc1cccs1)N(C)C(=O)c1cc(N)ccc1Cl. The van der Waals surface area contributed by atoms with Crippen LogP contribution in [0.2, 0.25) is 5.02 Å². The van der Waals surface area contributed by atoms with Crippen LogP contribution in [0.3, 0.4) is 0 Å². The minimum Gasteiger partial charge on any atom is -0.399 e. The van der Waals surface area contributed by atoms with Crippen molar-refractivity contribution >= 4 is 34.5 Å². The molecule has 1 unspecified atom stereocenters. The zero-order valence-corrected chi connectivity index (χ0v) is 13.0. The maximum absolute atomic E-state index is 12.5. The van der Waals surface area contributed by atoms with Crippen molar-refractivity contribution in [3.8, 4) is 0 Å². The lowest BCUT2D eigenvalue weighted by molar-refractivity contribution is 0.0744. The fourth-order valence-corrected chi connectivity index (χ4v) is 2.98. The molecule has 2 N–H and O–H groups in total. The molecule has 0 spiro atoms. The summed E-state index contributed by atoms with van der Waals surface area (Å²) in [5, 5.41) is 2.47. The van der Waals surface area contributed by atoms with Gasteiger partial charge in [0.25, 0.3) is 5.91 Å². The van der Waals surface area contributed by atoms with E-state index in [1.165, 1.54) is 4.88 Å². The van der Waals surface area contributed by atoms with Gasteiger partial charge in [0.15, 0.2) is 0 Å². The van der Waals surface area contributed by atoms with Crippen molar-refractivity contribution in [1.29, 1.82) is 0 Å². The van der Waals surface area contributed by atoms with Crippen LogP contribution in [-0.2, 0) is 6.42 Å². The van der Waals surface area contributed by atoms with E-state index in [0.717, 1.165) is 6.42 Å². The first-order valence-corrected chi connectivity index (χ1v) is 7.59. The second-order valence-electron chi connectivity index (χ2n) is 4.79. The highest BCUT2D eigenvalue weighted by Crippen LogP contribution is 2.22. The van der Waals surface area contributed by atoms with Gasteiger partial charge in [-0.15, -0.1) is 11.3 Å². The lowest BCUT2D eigenvalue weighted by atomic mass is 10.1. The third kappa shape index (κ3) is 3.32. The molecule has 0 aliphatic rings. The van der Waals surface area contributed by atoms with Crippen LogP contribution in [-0.4, -0.2) is 23.9 Å². The zero-order valence-electron chi connectivity index (χ0n) is 11.5. The van der Waals surface area contributed by atoms with Crippen molar-refractivity contribution in [1.82, 2.24) is 4.90 Å². The van der Waals surface area contributed by atoms with E-state index >= 15 is 0 Å². The number of anilines is 1. The Hall–Kier alpha value is -1.52. The van der Waals surface area contributed by atoms with Crippen LogP contribution in [0.1, 0.15) is 22.2 Å². The molecule has 0 saturated heterocycles. The third-order valence-corrected chi connectivity index (χ3v) is 4.51. The first kappa shape index (κ1) is 14.9. The highest BCUT2D eigenvalue weighted by molar-refractivity contribution is 7.09. The molecule has 0 fully saturated rings. The van der Waals surface area contributed by atoms with Crippen LogP contribution < -0.4 is 5.73 Å². The largest absolute Gasteiger partial charge is 0.399 e. The average molecular weight is 309 g/mol. The molecule has 0 aliphatic heterocycles. The molecule has 0 radical (unpaired) electrons. The molecular weight excluding hydrogens is 292 g/mol. The smallest absolute Gasteiger partial charge is 0.255 e. The molecule has 1 aromatic carbocycles. The van der Waals surface area contributed by atoms with Gasteiger partial charge in [0, 0.05) is 30.1 Å². The van der Waals surface area contributed by atoms with E-state index in [0.29, 0.717) is 16.3 Å². The van der Waals surface area contributed by atoms with Crippen LogP contribution in [0.25, 0.3) is 0 Å². The zero-order chi connectivity index (χ0) is 14.7. The van der Waals surface area contributed by atoms with E-state index < -0.39 is 0 Å². The summed E-state index contributed by atoms with van der Waals surface area (Å²) in [5.41, 5.74) is 6.71. The van der Waals surface area contributed by atoms with Gasteiger partial charge in [-0.1, -0.05) is 17.7 Å². The van der Waals surface area contributed by atoms with E-state index in [1.807, 2.05) is 18.4 Å². The van der Waals surface area contributed by atoms with Crippen molar-refractivity contribution in [2.24, 2.45) is 0 Å². The quantitative estimate of drug-likeness (QED) is 0.876. The molecule has 3 nitrogen and oxygen atoms in total. The van der Waals surface area contributed by atoms with E-state index in [-0.39, 0.29) is 11.9 Å². The topological polar surface area (TPSA) is 46.3 Å². The van der Waals surface area contributed by atoms with Crippen molar-refractivity contribution < 1.29 is 4.79 Å². The van der Waals surface area contributed by atoms with Crippen LogP contribution in [0.4, 0.5) is 5.69 Å². The number of carbonyl (C=O) groups is 1. The predicted molar refractivity (Wildman–Crippen MR) is 85.4 cm³/mol. The molecule has 0 aliphatic carbocycles. The van der Waals surface area contributed by atoms with Gasteiger partial charge in [0.2, 0.25) is 0 Å². The summed E-state index contributed by atoms with van der Waals surface area (Å²) in [4.78, 5) is 15.4. The summed E-state index contributed by atoms with van der Waals surface area (Å²) in [5.74, 6) is -0.105. The summed E-state index contributed by atoms with van der Waals surface area (Å²) < 4.78 is 0. The Balaban J connectivity index is 2.13. The first-order valence-electron chi connectivity index (χ1n) is 6.33. The maximum Gasteiger partial charge on any atom is 0.255 e. The molecule has 1 heterocycles. The van der Waals surface area contributed by atoms with Crippen LogP contribution >= 0.6 is 22.9 Å². The highest BCUT2D eigenvalue weighted by Gasteiger charge is 2.20. The van der Waals surface area contributed by atoms with E-state index in [9.17, 15) is 4.79 Å². The number of amides is 1. The van der Waals surface area contributed by atoms with E-state index in [2.05, 4.69) is 6.07 Å². The van der Waals surface area contributed by atoms with E-state index in [4.69, 9.17) is 17.3 Å². The van der Waals surface area contributed by atoms with Gasteiger partial charge in [-0.2, -0.15) is 0 Å². The number of hydrogen-bond donors (Lipinski definition) is 1. The maximum atomic E-state index is 12.5. The molecule has 0 bridgehead atoms. The molecule has 1 amide bonds. The van der Waals surface area contributed by atoms with Crippen molar-refractivity contribution in [3.63, 3.8) is 0 Å². The van der Waals surface area contributed by atoms with Gasteiger partial charge >= 0.3 is 0 Å². The monoisotopic (exact) mass is 308 g/mol. The number of carbonyl (C=O) groups excluding carboxylic acids is 1. The number of nitrogens with two attached hydrogens (primary N) is 1. The Morgan fingerprint density at radius 2 is 2.20 bits per heavy atom. The number of rotatable bonds is 4. The summed E-state index contributed by atoms with van der Waals surface area (Å²) in [7, 11) is 1.79. The molecule has 2 rings (SSSR count). The van der Waals surface area contributed by atoms with Crippen LogP contribution in [0.5, 0.6) is 0 Å². The number of likely N-dealkylation sites (N-methyl/N-ethyl adjacent to an activating group) is 1. The Morgan fingerprint density at radius 3 is 2.85 bits per heavy atom. The second-order valence-corrected chi connectivity index (χ2v) is 6.23.